The Hall–Kier alpha value is -1.71. The predicted octanol–water partition coefficient (Wildman–Crippen LogP) is -2.41. The zero-order valence-corrected chi connectivity index (χ0v) is 9.13. The molecular weight excluding hydrogens is 236 g/mol. The number of carboxylic acid groups (broad SMARTS) is 1. The van der Waals surface area contributed by atoms with Gasteiger partial charge in [-0.05, 0) is 0 Å². The maximum atomic E-state index is 10.8. The predicted molar refractivity (Wildman–Crippen MR) is 52.4 cm³/mol. The summed E-state index contributed by atoms with van der Waals surface area (Å²) in [6.45, 7) is 0.308. The van der Waals surface area contributed by atoms with Gasteiger partial charge in [-0.1, -0.05) is 0 Å². The third-order valence-electron chi connectivity index (χ3n) is 1.35. The average Bonchev–Trinajstić information content (AvgIpc) is 2.23. The molecule has 0 saturated heterocycles. The molecule has 0 rings (SSSR count). The standard InChI is InChI=1S/C8H14N2O7/c1-5(11)16-17-8(15)4-9-2-6(12)10-3-7(13)14/h6,9-10,12H,2-4H2,1H3,(H,13,14). The van der Waals surface area contributed by atoms with Crippen molar-refractivity contribution in [3.8, 4) is 0 Å². The minimum Gasteiger partial charge on any atom is -0.480 e. The lowest BCUT2D eigenvalue weighted by molar-refractivity contribution is -0.256. The molecule has 17 heavy (non-hydrogen) atoms. The number of aliphatic hydroxyl groups is 1. The van der Waals surface area contributed by atoms with Crippen LogP contribution in [0.3, 0.4) is 0 Å². The molecule has 0 bridgehead atoms. The van der Waals surface area contributed by atoms with Gasteiger partial charge in [0, 0.05) is 13.5 Å². The molecule has 0 amide bonds. The first-order valence-electron chi connectivity index (χ1n) is 4.63. The van der Waals surface area contributed by atoms with E-state index in [4.69, 9.17) is 10.2 Å². The van der Waals surface area contributed by atoms with Gasteiger partial charge in [0.05, 0.1) is 13.1 Å². The van der Waals surface area contributed by atoms with Crippen molar-refractivity contribution in [3.05, 3.63) is 0 Å². The van der Waals surface area contributed by atoms with Gasteiger partial charge < -0.3 is 15.5 Å². The number of hydrogen-bond donors (Lipinski definition) is 4. The molecule has 0 spiro atoms. The van der Waals surface area contributed by atoms with Crippen LogP contribution < -0.4 is 10.6 Å². The van der Waals surface area contributed by atoms with Gasteiger partial charge >= 0.3 is 17.9 Å². The van der Waals surface area contributed by atoms with Crippen molar-refractivity contribution in [3.63, 3.8) is 0 Å². The fraction of sp³-hybridized carbons (Fsp3) is 0.625. The lowest BCUT2D eigenvalue weighted by atomic mass is 10.5. The van der Waals surface area contributed by atoms with Gasteiger partial charge in [0.25, 0.3) is 0 Å². The summed E-state index contributed by atoms with van der Waals surface area (Å²) < 4.78 is 0. The molecule has 0 fully saturated rings. The molecular formula is C8H14N2O7. The summed E-state index contributed by atoms with van der Waals surface area (Å²) in [5.41, 5.74) is 0. The Morgan fingerprint density at radius 2 is 1.88 bits per heavy atom. The Balaban J connectivity index is 3.51. The molecule has 9 heteroatoms. The molecule has 0 heterocycles. The SMILES string of the molecule is CC(=O)OOC(=O)CNCC(O)NCC(=O)O. The maximum Gasteiger partial charge on any atom is 0.369 e. The Morgan fingerprint density at radius 1 is 1.24 bits per heavy atom. The van der Waals surface area contributed by atoms with E-state index < -0.39 is 30.7 Å². The molecule has 0 aliphatic rings. The van der Waals surface area contributed by atoms with E-state index in [0.29, 0.717) is 0 Å². The van der Waals surface area contributed by atoms with Crippen molar-refractivity contribution in [2.45, 2.75) is 13.2 Å². The fourth-order valence-electron chi connectivity index (χ4n) is 0.723. The van der Waals surface area contributed by atoms with E-state index in [0.717, 1.165) is 6.92 Å². The lowest BCUT2D eigenvalue weighted by Gasteiger charge is -2.11. The highest BCUT2D eigenvalue weighted by molar-refractivity contribution is 5.73. The second kappa shape index (κ2) is 8.44. The Morgan fingerprint density at radius 3 is 2.41 bits per heavy atom. The van der Waals surface area contributed by atoms with Crippen molar-refractivity contribution in [1.29, 1.82) is 0 Å². The molecule has 98 valence electrons. The minimum atomic E-state index is -1.12. The largest absolute Gasteiger partial charge is 0.480 e. The van der Waals surface area contributed by atoms with Crippen LogP contribution in [0.2, 0.25) is 0 Å². The maximum absolute atomic E-state index is 10.8. The minimum absolute atomic E-state index is 0.0670. The van der Waals surface area contributed by atoms with Gasteiger partial charge in [-0.2, -0.15) is 0 Å². The number of nitrogens with one attached hydrogen (secondary N) is 2. The highest BCUT2D eigenvalue weighted by atomic mass is 17.2. The summed E-state index contributed by atoms with van der Waals surface area (Å²) in [5, 5.41) is 22.2. The smallest absolute Gasteiger partial charge is 0.369 e. The lowest BCUT2D eigenvalue weighted by Crippen LogP contribution is -2.42. The van der Waals surface area contributed by atoms with Crippen LogP contribution in [0.5, 0.6) is 0 Å². The summed E-state index contributed by atoms with van der Waals surface area (Å²) in [6, 6.07) is 0. The summed E-state index contributed by atoms with van der Waals surface area (Å²) in [6.07, 6.45) is -1.12. The molecule has 0 aliphatic carbocycles. The van der Waals surface area contributed by atoms with Crippen molar-refractivity contribution in [1.82, 2.24) is 10.6 Å². The van der Waals surface area contributed by atoms with Gasteiger partial charge in [-0.25, -0.2) is 19.4 Å². The van der Waals surface area contributed by atoms with E-state index in [1.54, 1.807) is 0 Å². The molecule has 9 nitrogen and oxygen atoms in total. The molecule has 1 atom stereocenters. The first-order valence-corrected chi connectivity index (χ1v) is 4.63. The monoisotopic (exact) mass is 250 g/mol. The number of aliphatic carboxylic acids is 1. The number of aliphatic hydroxyl groups excluding tert-OH is 1. The molecule has 0 aromatic heterocycles. The zero-order valence-electron chi connectivity index (χ0n) is 9.13. The Bertz CT molecular complexity index is 281. The van der Waals surface area contributed by atoms with E-state index in [2.05, 4.69) is 20.4 Å². The van der Waals surface area contributed by atoms with Gasteiger partial charge in [0.15, 0.2) is 0 Å². The van der Waals surface area contributed by atoms with E-state index >= 15 is 0 Å². The van der Waals surface area contributed by atoms with Crippen LogP contribution in [0.25, 0.3) is 0 Å². The van der Waals surface area contributed by atoms with Crippen molar-refractivity contribution < 1.29 is 34.4 Å². The average molecular weight is 250 g/mol. The second-order valence-electron chi connectivity index (χ2n) is 2.95. The van der Waals surface area contributed by atoms with E-state index in [9.17, 15) is 14.4 Å². The summed E-state index contributed by atoms with van der Waals surface area (Å²) in [5.74, 6) is -2.72. The highest BCUT2D eigenvalue weighted by Gasteiger charge is 2.09. The van der Waals surface area contributed by atoms with Crippen molar-refractivity contribution >= 4 is 17.9 Å². The third kappa shape index (κ3) is 10.6. The van der Waals surface area contributed by atoms with Crippen molar-refractivity contribution in [2.24, 2.45) is 0 Å². The summed E-state index contributed by atoms with van der Waals surface area (Å²) >= 11 is 0. The quantitative estimate of drug-likeness (QED) is 0.221. The van der Waals surface area contributed by atoms with Crippen LogP contribution in [-0.2, 0) is 24.2 Å². The molecule has 0 aromatic carbocycles. The Labute approximate surface area is 96.6 Å². The highest BCUT2D eigenvalue weighted by Crippen LogP contribution is 1.81. The van der Waals surface area contributed by atoms with E-state index in [1.807, 2.05) is 0 Å². The number of rotatable bonds is 7. The molecule has 0 aromatic rings. The Kier molecular flexibility index (Phi) is 7.59. The van der Waals surface area contributed by atoms with Crippen LogP contribution in [0, 0.1) is 0 Å². The summed E-state index contributed by atoms with van der Waals surface area (Å²) in [4.78, 5) is 39.2. The number of hydrogen-bond acceptors (Lipinski definition) is 8. The van der Waals surface area contributed by atoms with Gasteiger partial charge in [-0.15, -0.1) is 0 Å². The second-order valence-corrected chi connectivity index (χ2v) is 2.95. The van der Waals surface area contributed by atoms with Crippen LogP contribution in [-0.4, -0.2) is 54.0 Å². The number of carbonyl (C=O) groups is 3. The van der Waals surface area contributed by atoms with Gasteiger partial charge in [0.1, 0.15) is 6.23 Å². The van der Waals surface area contributed by atoms with Gasteiger partial charge in [-0.3, -0.25) is 10.1 Å². The zero-order chi connectivity index (χ0) is 13.3. The molecule has 1 unspecified atom stereocenters. The van der Waals surface area contributed by atoms with E-state index in [1.165, 1.54) is 0 Å². The van der Waals surface area contributed by atoms with Crippen LogP contribution in [0.1, 0.15) is 6.92 Å². The first kappa shape index (κ1) is 15.3. The molecule has 0 saturated carbocycles. The van der Waals surface area contributed by atoms with Crippen LogP contribution in [0.4, 0.5) is 0 Å². The fourth-order valence-corrected chi connectivity index (χ4v) is 0.723. The van der Waals surface area contributed by atoms with E-state index in [-0.39, 0.29) is 13.1 Å². The van der Waals surface area contributed by atoms with Gasteiger partial charge in [0.2, 0.25) is 0 Å². The van der Waals surface area contributed by atoms with Crippen LogP contribution >= 0.6 is 0 Å². The summed E-state index contributed by atoms with van der Waals surface area (Å²) in [7, 11) is 0. The first-order chi connectivity index (χ1) is 7.91. The number of carbonyl (C=O) groups excluding carboxylic acids is 2. The van der Waals surface area contributed by atoms with Crippen molar-refractivity contribution in [2.75, 3.05) is 19.6 Å². The molecule has 0 radical (unpaired) electrons. The number of carboxylic acids is 1. The third-order valence-corrected chi connectivity index (χ3v) is 1.35. The molecule has 0 aliphatic heterocycles. The topological polar surface area (TPSA) is 134 Å². The molecule has 4 N–H and O–H groups in total. The normalized spacial score (nSPS) is 11.6. The van der Waals surface area contributed by atoms with Crippen LogP contribution in [0.15, 0.2) is 0 Å².